The molecule has 140 valence electrons. The van der Waals surface area contributed by atoms with Crippen LogP contribution < -0.4 is 0 Å². The zero-order chi connectivity index (χ0) is 19.2. The van der Waals surface area contributed by atoms with Gasteiger partial charge in [-0.25, -0.2) is 4.39 Å². The monoisotopic (exact) mass is 383 g/mol. The van der Waals surface area contributed by atoms with E-state index in [1.165, 1.54) is 29.5 Å². The molecule has 0 radical (unpaired) electrons. The smallest absolute Gasteiger partial charge is 0.242 e. The van der Waals surface area contributed by atoms with Crippen LogP contribution in [0.1, 0.15) is 36.5 Å². The molecule has 3 rings (SSSR count). The van der Waals surface area contributed by atoms with E-state index < -0.39 is 0 Å². The molecule has 6 heteroatoms. The zero-order valence-electron chi connectivity index (χ0n) is 15.4. The average Bonchev–Trinajstić information content (AvgIpc) is 2.94. The van der Waals surface area contributed by atoms with Gasteiger partial charge in [0.25, 0.3) is 0 Å². The highest BCUT2D eigenvalue weighted by Crippen LogP contribution is 2.31. The number of aryl methyl sites for hydroxylation is 1. The van der Waals surface area contributed by atoms with Crippen LogP contribution in [0.3, 0.4) is 0 Å². The number of halogens is 1. The number of carbonyl (C=O) groups is 1. The Balaban J connectivity index is 1.79. The van der Waals surface area contributed by atoms with E-state index in [4.69, 9.17) is 0 Å². The van der Waals surface area contributed by atoms with E-state index in [9.17, 15) is 9.18 Å². The summed E-state index contributed by atoms with van der Waals surface area (Å²) in [5, 5.41) is 8.93. The van der Waals surface area contributed by atoms with Gasteiger partial charge in [-0.2, -0.15) is 5.10 Å². The highest BCUT2D eigenvalue weighted by molar-refractivity contribution is 8.15. The van der Waals surface area contributed by atoms with Crippen molar-refractivity contribution in [2.75, 3.05) is 0 Å². The van der Waals surface area contributed by atoms with Crippen molar-refractivity contribution in [2.45, 2.75) is 38.5 Å². The van der Waals surface area contributed by atoms with Gasteiger partial charge in [0.2, 0.25) is 5.91 Å². The molecule has 1 atom stereocenters. The summed E-state index contributed by atoms with van der Waals surface area (Å²) in [7, 11) is 0. The van der Waals surface area contributed by atoms with Crippen molar-refractivity contribution in [1.29, 1.82) is 0 Å². The molecule has 4 nitrogen and oxygen atoms in total. The van der Waals surface area contributed by atoms with Crippen LogP contribution in [-0.2, 0) is 11.3 Å². The molecular weight excluding hydrogens is 361 g/mol. The first-order chi connectivity index (χ1) is 13.1. The van der Waals surface area contributed by atoms with Gasteiger partial charge < -0.3 is 0 Å². The third-order valence-corrected chi connectivity index (χ3v) is 5.49. The Kier molecular flexibility index (Phi) is 6.40. The number of benzene rings is 2. The van der Waals surface area contributed by atoms with Crippen LogP contribution in [0.5, 0.6) is 0 Å². The van der Waals surface area contributed by atoms with Crippen LogP contribution in [0.15, 0.2) is 58.7 Å². The van der Waals surface area contributed by atoms with Gasteiger partial charge in [0.05, 0.1) is 18.0 Å². The predicted molar refractivity (Wildman–Crippen MR) is 109 cm³/mol. The fourth-order valence-corrected chi connectivity index (χ4v) is 3.96. The second-order valence-electron chi connectivity index (χ2n) is 6.48. The minimum Gasteiger partial charge on any atom is -0.284 e. The molecule has 0 saturated carbocycles. The Morgan fingerprint density at radius 2 is 1.85 bits per heavy atom. The van der Waals surface area contributed by atoms with Gasteiger partial charge in [-0.3, -0.25) is 9.69 Å². The van der Waals surface area contributed by atoms with Crippen molar-refractivity contribution >= 4 is 29.1 Å². The van der Waals surface area contributed by atoms with Gasteiger partial charge in [0, 0.05) is 0 Å². The Labute approximate surface area is 163 Å². The van der Waals surface area contributed by atoms with Crippen LogP contribution >= 0.6 is 11.8 Å². The van der Waals surface area contributed by atoms with Crippen molar-refractivity contribution in [3.05, 3.63) is 71.0 Å². The van der Waals surface area contributed by atoms with Crippen molar-refractivity contribution in [2.24, 2.45) is 10.2 Å². The third-order valence-electron chi connectivity index (χ3n) is 4.25. The first-order valence-corrected chi connectivity index (χ1v) is 9.85. The van der Waals surface area contributed by atoms with E-state index in [1.54, 1.807) is 23.2 Å². The molecule has 27 heavy (non-hydrogen) atoms. The SMILES string of the molecule is CCCC1S/C(=N\N=C\c2ccc(C)cc2)N(Cc2ccc(F)cc2)C1=O. The molecule has 1 unspecified atom stereocenters. The Hall–Kier alpha value is -2.47. The van der Waals surface area contributed by atoms with Crippen molar-refractivity contribution in [3.8, 4) is 0 Å². The van der Waals surface area contributed by atoms with Crippen LogP contribution in [-0.4, -0.2) is 27.4 Å². The van der Waals surface area contributed by atoms with Crippen molar-refractivity contribution in [3.63, 3.8) is 0 Å². The standard InChI is InChI=1S/C21H22FN3OS/c1-3-4-19-20(26)25(14-17-9-11-18(22)12-10-17)21(27-19)24-23-13-16-7-5-15(2)6-8-16/h5-13,19H,3-4,14H2,1-2H3/b23-13+,24-21-. The number of amides is 1. The average molecular weight is 383 g/mol. The first kappa shape index (κ1) is 19.3. The maximum Gasteiger partial charge on any atom is 0.242 e. The lowest BCUT2D eigenvalue weighted by atomic mass is 10.2. The zero-order valence-corrected chi connectivity index (χ0v) is 16.2. The largest absolute Gasteiger partial charge is 0.284 e. The van der Waals surface area contributed by atoms with Gasteiger partial charge in [-0.15, -0.1) is 5.10 Å². The Bertz CT molecular complexity index is 847. The molecule has 1 aliphatic rings. The van der Waals surface area contributed by atoms with Gasteiger partial charge >= 0.3 is 0 Å². The molecule has 0 aliphatic carbocycles. The summed E-state index contributed by atoms with van der Waals surface area (Å²) in [5.74, 6) is -0.253. The maximum atomic E-state index is 13.1. The Morgan fingerprint density at radius 1 is 1.15 bits per heavy atom. The Morgan fingerprint density at radius 3 is 2.52 bits per heavy atom. The summed E-state index contributed by atoms with van der Waals surface area (Å²) < 4.78 is 13.1. The summed E-state index contributed by atoms with van der Waals surface area (Å²) in [5.41, 5.74) is 3.00. The summed E-state index contributed by atoms with van der Waals surface area (Å²) in [6.45, 7) is 4.46. The molecule has 0 N–H and O–H groups in total. The number of nitrogens with zero attached hydrogens (tertiary/aromatic N) is 3. The fraction of sp³-hybridized carbons (Fsp3) is 0.286. The number of thioether (sulfide) groups is 1. The normalized spacial score (nSPS) is 18.8. The van der Waals surface area contributed by atoms with Gasteiger partial charge in [0.15, 0.2) is 5.17 Å². The minimum absolute atomic E-state index is 0.0375. The van der Waals surface area contributed by atoms with E-state index >= 15 is 0 Å². The molecule has 1 aliphatic heterocycles. The van der Waals surface area contributed by atoms with Gasteiger partial charge in [-0.1, -0.05) is 67.1 Å². The van der Waals surface area contributed by atoms with E-state index in [-0.39, 0.29) is 17.0 Å². The molecule has 1 heterocycles. The summed E-state index contributed by atoms with van der Waals surface area (Å²) >= 11 is 1.45. The summed E-state index contributed by atoms with van der Waals surface area (Å²) in [6, 6.07) is 14.2. The molecule has 1 amide bonds. The van der Waals surface area contributed by atoms with Crippen molar-refractivity contribution < 1.29 is 9.18 Å². The molecule has 0 aromatic heterocycles. The van der Waals surface area contributed by atoms with Gasteiger partial charge in [-0.05, 0) is 36.6 Å². The van der Waals surface area contributed by atoms with Crippen LogP contribution in [0, 0.1) is 12.7 Å². The van der Waals surface area contributed by atoms with E-state index in [0.717, 1.165) is 24.0 Å². The lowest BCUT2D eigenvalue weighted by Gasteiger charge is -2.15. The topological polar surface area (TPSA) is 45.0 Å². The quantitative estimate of drug-likeness (QED) is 0.533. The van der Waals surface area contributed by atoms with E-state index in [0.29, 0.717) is 11.7 Å². The lowest BCUT2D eigenvalue weighted by molar-refractivity contribution is -0.126. The second-order valence-corrected chi connectivity index (χ2v) is 7.65. The number of rotatable bonds is 6. The van der Waals surface area contributed by atoms with Gasteiger partial charge in [0.1, 0.15) is 5.82 Å². The molecule has 2 aromatic carbocycles. The minimum atomic E-state index is -0.290. The van der Waals surface area contributed by atoms with Crippen LogP contribution in [0.25, 0.3) is 0 Å². The number of hydrogen-bond donors (Lipinski definition) is 0. The maximum absolute atomic E-state index is 13.1. The molecule has 1 fully saturated rings. The third kappa shape index (κ3) is 5.04. The first-order valence-electron chi connectivity index (χ1n) is 8.97. The van der Waals surface area contributed by atoms with E-state index in [2.05, 4.69) is 17.1 Å². The molecule has 2 aromatic rings. The number of carbonyl (C=O) groups excluding carboxylic acids is 1. The molecule has 0 spiro atoms. The molecule has 1 saturated heterocycles. The number of hydrogen-bond acceptors (Lipinski definition) is 4. The highest BCUT2D eigenvalue weighted by Gasteiger charge is 2.37. The highest BCUT2D eigenvalue weighted by atomic mass is 32.2. The molecular formula is C21H22FN3OS. The summed E-state index contributed by atoms with van der Waals surface area (Å²) in [6.07, 6.45) is 3.40. The molecule has 0 bridgehead atoms. The van der Waals surface area contributed by atoms with E-state index in [1.807, 2.05) is 31.2 Å². The van der Waals surface area contributed by atoms with Crippen LogP contribution in [0.2, 0.25) is 0 Å². The van der Waals surface area contributed by atoms with Crippen molar-refractivity contribution in [1.82, 2.24) is 4.90 Å². The number of amidine groups is 1. The summed E-state index contributed by atoms with van der Waals surface area (Å²) in [4.78, 5) is 14.4. The lowest BCUT2D eigenvalue weighted by Crippen LogP contribution is -2.31. The van der Waals surface area contributed by atoms with Crippen LogP contribution in [0.4, 0.5) is 4.39 Å². The second kappa shape index (κ2) is 8.95. The fourth-order valence-electron chi connectivity index (χ4n) is 2.75. The predicted octanol–water partition coefficient (Wildman–Crippen LogP) is 4.77.